The molecule has 0 aliphatic rings. The first-order valence-corrected chi connectivity index (χ1v) is 8.39. The number of carbonyl (C=O) groups excluding carboxylic acids is 1. The van der Waals surface area contributed by atoms with Crippen LogP contribution in [0.3, 0.4) is 0 Å². The topological polar surface area (TPSA) is 52.3 Å². The van der Waals surface area contributed by atoms with Crippen molar-refractivity contribution in [3.63, 3.8) is 0 Å². The molecule has 0 aromatic heterocycles. The molecule has 0 fully saturated rings. The molecule has 2 rings (SSSR count). The molecule has 3 nitrogen and oxygen atoms in total. The lowest BCUT2D eigenvalue weighted by Gasteiger charge is -2.09. The van der Waals surface area contributed by atoms with Gasteiger partial charge in [0.15, 0.2) is 0 Å². The maximum Gasteiger partial charge on any atom is 0.330 e. The van der Waals surface area contributed by atoms with Crippen molar-refractivity contribution in [2.75, 3.05) is 6.61 Å². The van der Waals surface area contributed by atoms with Gasteiger partial charge in [0, 0.05) is 22.2 Å². The van der Waals surface area contributed by atoms with Crippen LogP contribution >= 0.6 is 23.2 Å². The molecule has 0 spiro atoms. The van der Waals surface area contributed by atoms with Crippen LogP contribution in [0.15, 0.2) is 54.6 Å². The van der Waals surface area contributed by atoms with Crippen molar-refractivity contribution in [2.24, 2.45) is 5.73 Å². The molecule has 0 radical (unpaired) electrons. The highest BCUT2D eigenvalue weighted by Gasteiger charge is 2.05. The summed E-state index contributed by atoms with van der Waals surface area (Å²) in [7, 11) is 0. The number of ether oxygens (including phenoxy) is 1. The van der Waals surface area contributed by atoms with Crippen LogP contribution in [-0.4, -0.2) is 18.6 Å². The van der Waals surface area contributed by atoms with E-state index < -0.39 is 0 Å². The minimum Gasteiger partial charge on any atom is -0.463 e. The summed E-state index contributed by atoms with van der Waals surface area (Å²) in [4.78, 5) is 11.3. The molecular weight excluding hydrogens is 345 g/mol. The first-order chi connectivity index (χ1) is 11.5. The van der Waals surface area contributed by atoms with Crippen LogP contribution in [0.25, 0.3) is 11.1 Å². The number of benzene rings is 2. The molecule has 0 heterocycles. The lowest BCUT2D eigenvalue weighted by Crippen LogP contribution is -2.20. The molecule has 0 bridgehead atoms. The summed E-state index contributed by atoms with van der Waals surface area (Å²) < 4.78 is 4.82. The van der Waals surface area contributed by atoms with E-state index in [-0.39, 0.29) is 12.0 Å². The van der Waals surface area contributed by atoms with E-state index in [1.807, 2.05) is 36.4 Å². The van der Waals surface area contributed by atoms with E-state index in [2.05, 4.69) is 0 Å². The van der Waals surface area contributed by atoms with Gasteiger partial charge in [-0.1, -0.05) is 53.5 Å². The zero-order valence-electron chi connectivity index (χ0n) is 13.3. The quantitative estimate of drug-likeness (QED) is 0.600. The lowest BCUT2D eigenvalue weighted by molar-refractivity contribution is -0.137. The SMILES string of the molecule is CCOC(=O)/C=C/[C@@H](N)Cc1ccc(-c2cc(Cl)cc(Cl)c2)cc1. The van der Waals surface area contributed by atoms with Crippen molar-refractivity contribution in [1.82, 2.24) is 0 Å². The second kappa shape index (κ2) is 8.88. The van der Waals surface area contributed by atoms with E-state index in [1.165, 1.54) is 6.08 Å². The fourth-order valence-electron chi connectivity index (χ4n) is 2.29. The average molecular weight is 364 g/mol. The third-order valence-electron chi connectivity index (χ3n) is 3.39. The van der Waals surface area contributed by atoms with Gasteiger partial charge in [0.05, 0.1) is 6.61 Å². The largest absolute Gasteiger partial charge is 0.463 e. The highest BCUT2D eigenvalue weighted by molar-refractivity contribution is 6.35. The number of rotatable bonds is 6. The summed E-state index contributed by atoms with van der Waals surface area (Å²) in [6, 6.07) is 13.2. The normalized spacial score (nSPS) is 12.3. The molecule has 0 aliphatic heterocycles. The zero-order valence-corrected chi connectivity index (χ0v) is 14.8. The molecule has 2 N–H and O–H groups in total. The van der Waals surface area contributed by atoms with Crippen molar-refractivity contribution in [1.29, 1.82) is 0 Å². The number of hydrogen-bond acceptors (Lipinski definition) is 3. The highest BCUT2D eigenvalue weighted by atomic mass is 35.5. The van der Waals surface area contributed by atoms with Gasteiger partial charge in [0.1, 0.15) is 0 Å². The number of carbonyl (C=O) groups is 1. The maximum atomic E-state index is 11.3. The van der Waals surface area contributed by atoms with Gasteiger partial charge >= 0.3 is 5.97 Å². The van der Waals surface area contributed by atoms with Crippen molar-refractivity contribution in [3.8, 4) is 11.1 Å². The van der Waals surface area contributed by atoms with Crippen molar-refractivity contribution in [3.05, 3.63) is 70.2 Å². The summed E-state index contributed by atoms with van der Waals surface area (Å²) in [6.45, 7) is 2.12. The number of hydrogen-bond donors (Lipinski definition) is 1. The Balaban J connectivity index is 2.02. The van der Waals surface area contributed by atoms with E-state index in [0.717, 1.165) is 16.7 Å². The molecule has 126 valence electrons. The molecule has 24 heavy (non-hydrogen) atoms. The Morgan fingerprint density at radius 3 is 2.33 bits per heavy atom. The summed E-state index contributed by atoms with van der Waals surface area (Å²) in [6.07, 6.45) is 3.66. The van der Waals surface area contributed by atoms with Crippen LogP contribution < -0.4 is 5.73 Å². The maximum absolute atomic E-state index is 11.3. The predicted molar refractivity (Wildman–Crippen MR) is 99.4 cm³/mol. The second-order valence-electron chi connectivity index (χ2n) is 5.33. The second-order valence-corrected chi connectivity index (χ2v) is 6.21. The third kappa shape index (κ3) is 5.68. The summed E-state index contributed by atoms with van der Waals surface area (Å²) >= 11 is 12.1. The Hall–Kier alpha value is -1.81. The van der Waals surface area contributed by atoms with Crippen molar-refractivity contribution < 1.29 is 9.53 Å². The van der Waals surface area contributed by atoms with E-state index in [4.69, 9.17) is 33.7 Å². The molecule has 0 saturated carbocycles. The highest BCUT2D eigenvalue weighted by Crippen LogP contribution is 2.27. The van der Waals surface area contributed by atoms with Crippen LogP contribution in [0.2, 0.25) is 10.0 Å². The van der Waals surface area contributed by atoms with Crippen LogP contribution in [0.1, 0.15) is 12.5 Å². The Morgan fingerprint density at radius 1 is 1.12 bits per heavy atom. The fraction of sp³-hybridized carbons (Fsp3) is 0.211. The first-order valence-electron chi connectivity index (χ1n) is 7.64. The Bertz CT molecular complexity index is 706. The molecule has 0 aliphatic carbocycles. The van der Waals surface area contributed by atoms with Crippen molar-refractivity contribution in [2.45, 2.75) is 19.4 Å². The predicted octanol–water partition coefficient (Wildman–Crippen LogP) is 4.65. The van der Waals surface area contributed by atoms with Gasteiger partial charge in [-0.25, -0.2) is 4.79 Å². The fourth-order valence-corrected chi connectivity index (χ4v) is 2.81. The molecule has 0 saturated heterocycles. The monoisotopic (exact) mass is 363 g/mol. The van der Waals surface area contributed by atoms with Gasteiger partial charge in [-0.3, -0.25) is 0 Å². The molecule has 0 amide bonds. The lowest BCUT2D eigenvalue weighted by atomic mass is 10.0. The Morgan fingerprint density at radius 2 is 1.75 bits per heavy atom. The van der Waals surface area contributed by atoms with Gasteiger partial charge in [-0.15, -0.1) is 0 Å². The number of nitrogens with two attached hydrogens (primary N) is 1. The van der Waals surface area contributed by atoms with E-state index in [1.54, 1.807) is 19.1 Å². The minimum atomic E-state index is -0.374. The van der Waals surface area contributed by atoms with Crippen LogP contribution in [0.4, 0.5) is 0 Å². The van der Waals surface area contributed by atoms with Crippen LogP contribution in [0, 0.1) is 0 Å². The molecule has 5 heteroatoms. The van der Waals surface area contributed by atoms with E-state index in [9.17, 15) is 4.79 Å². The summed E-state index contributed by atoms with van der Waals surface area (Å²) in [5, 5.41) is 1.21. The summed E-state index contributed by atoms with van der Waals surface area (Å²) in [5.41, 5.74) is 9.08. The van der Waals surface area contributed by atoms with Gasteiger partial charge in [-0.2, -0.15) is 0 Å². The van der Waals surface area contributed by atoms with E-state index in [0.29, 0.717) is 23.1 Å². The molecule has 1 atom stereocenters. The number of esters is 1. The summed E-state index contributed by atoms with van der Waals surface area (Å²) in [5.74, 6) is -0.374. The van der Waals surface area contributed by atoms with Crippen molar-refractivity contribution >= 4 is 29.2 Å². The standard InChI is InChI=1S/C19H19Cl2NO2/c1-2-24-19(23)8-7-18(22)9-13-3-5-14(6-4-13)15-10-16(20)12-17(21)11-15/h3-8,10-12,18H,2,9,22H2,1H3/b8-7+/t18-/m1/s1. The number of halogens is 2. The smallest absolute Gasteiger partial charge is 0.330 e. The van der Waals surface area contributed by atoms with Gasteiger partial charge in [-0.05, 0) is 48.2 Å². The van der Waals surface area contributed by atoms with Crippen LogP contribution in [-0.2, 0) is 16.0 Å². The minimum absolute atomic E-state index is 0.249. The zero-order chi connectivity index (χ0) is 17.5. The Kier molecular flexibility index (Phi) is 6.85. The van der Waals surface area contributed by atoms with Crippen LogP contribution in [0.5, 0.6) is 0 Å². The third-order valence-corrected chi connectivity index (χ3v) is 3.82. The molecule has 0 unspecified atom stereocenters. The van der Waals surface area contributed by atoms with Gasteiger partial charge in [0.2, 0.25) is 0 Å². The average Bonchev–Trinajstić information content (AvgIpc) is 2.53. The first kappa shape index (κ1) is 18.5. The Labute approximate surface area is 152 Å². The molecular formula is C19H19Cl2NO2. The van der Waals surface area contributed by atoms with Gasteiger partial charge < -0.3 is 10.5 Å². The molecule has 2 aromatic carbocycles. The van der Waals surface area contributed by atoms with E-state index >= 15 is 0 Å². The van der Waals surface area contributed by atoms with Gasteiger partial charge in [0.25, 0.3) is 0 Å². The molecule has 2 aromatic rings.